The molecule has 0 radical (unpaired) electrons. The molecule has 10 aromatic carbocycles. The van der Waals surface area contributed by atoms with Crippen LogP contribution in [0.1, 0.15) is 16.7 Å². The predicted molar refractivity (Wildman–Crippen MR) is 281 cm³/mol. The number of para-hydroxylation sites is 1. The average Bonchev–Trinajstić information content (AvgIpc) is 3.93. The Kier molecular flexibility index (Phi) is 9.80. The van der Waals surface area contributed by atoms with E-state index in [1.165, 1.54) is 33.4 Å². The molecule has 0 N–H and O–H groups in total. The normalized spacial score (nSPS) is 11.5. The summed E-state index contributed by atoms with van der Waals surface area (Å²) >= 11 is 0. The second kappa shape index (κ2) is 16.4. The molecular formula is C63H45N3O. The van der Waals surface area contributed by atoms with Crippen LogP contribution in [0.5, 0.6) is 0 Å². The van der Waals surface area contributed by atoms with E-state index in [-0.39, 0.29) is 0 Å². The van der Waals surface area contributed by atoms with Crippen molar-refractivity contribution in [3.63, 3.8) is 0 Å². The summed E-state index contributed by atoms with van der Waals surface area (Å²) in [4.78, 5) is 10.7. The van der Waals surface area contributed by atoms with Crippen molar-refractivity contribution in [2.75, 3.05) is 0 Å². The van der Waals surface area contributed by atoms with Gasteiger partial charge in [0, 0.05) is 37.9 Å². The van der Waals surface area contributed by atoms with Crippen LogP contribution in [-0.4, -0.2) is 14.5 Å². The summed E-state index contributed by atoms with van der Waals surface area (Å²) in [6, 6.07) is 77.2. The first-order chi connectivity index (χ1) is 33.0. The molecule has 4 heteroatoms. The molecule has 0 aliphatic heterocycles. The van der Waals surface area contributed by atoms with Gasteiger partial charge in [0.05, 0.1) is 22.2 Å². The van der Waals surface area contributed by atoms with Gasteiger partial charge in [-0.2, -0.15) is 0 Å². The maximum atomic E-state index is 6.67. The molecule has 0 fully saturated rings. The van der Waals surface area contributed by atoms with Gasteiger partial charge in [0.2, 0.25) is 5.95 Å². The second-order valence-corrected chi connectivity index (χ2v) is 17.4. The van der Waals surface area contributed by atoms with E-state index in [2.05, 4.69) is 219 Å². The van der Waals surface area contributed by atoms with Crippen molar-refractivity contribution in [2.24, 2.45) is 0 Å². The third-order valence-corrected chi connectivity index (χ3v) is 13.2. The van der Waals surface area contributed by atoms with Crippen LogP contribution in [-0.2, 0) is 0 Å². The van der Waals surface area contributed by atoms with Crippen LogP contribution in [0.2, 0.25) is 0 Å². The van der Waals surface area contributed by atoms with E-state index in [9.17, 15) is 0 Å². The van der Waals surface area contributed by atoms with Crippen molar-refractivity contribution in [1.82, 2.24) is 14.5 Å². The molecule has 0 unspecified atom stereocenters. The number of benzene rings is 10. The first kappa shape index (κ1) is 40.0. The average molecular weight is 860 g/mol. The van der Waals surface area contributed by atoms with Crippen LogP contribution >= 0.6 is 0 Å². The summed E-state index contributed by atoms with van der Waals surface area (Å²) in [6.07, 6.45) is 0. The van der Waals surface area contributed by atoms with Gasteiger partial charge in [0.25, 0.3) is 0 Å². The number of hydrogen-bond acceptors (Lipinski definition) is 3. The number of aryl methyl sites for hydroxylation is 3. The summed E-state index contributed by atoms with van der Waals surface area (Å²) in [5.41, 5.74) is 17.7. The van der Waals surface area contributed by atoms with Crippen molar-refractivity contribution in [3.05, 3.63) is 235 Å². The highest BCUT2D eigenvalue weighted by molar-refractivity contribution is 6.25. The Morgan fingerprint density at radius 1 is 0.403 bits per heavy atom. The fourth-order valence-corrected chi connectivity index (χ4v) is 10.1. The molecule has 0 saturated heterocycles. The van der Waals surface area contributed by atoms with Gasteiger partial charge in [-0.15, -0.1) is 0 Å². The van der Waals surface area contributed by atoms with Crippen molar-refractivity contribution >= 4 is 65.4 Å². The standard InChI is InChI=1S/C56H37N3O.C7H8/c1-34-15-6-8-20-39(34)51-35(2)16-12-23-40(51)38-30-32-49-46(33-38)53-43(25-14-28-50(53)60-49)42-24-13-27-48-52(42)45-31-29-36-17-7-9-21-41(36)55(45)59(48)56-57-47-26-11-10-22-44(47)54(58-56)37-18-4-3-5-19-37;1-7-5-3-2-4-6-7/h3-33H,1-2H3;2-6H,1H3. The van der Waals surface area contributed by atoms with E-state index in [0.717, 1.165) is 93.4 Å². The van der Waals surface area contributed by atoms with Gasteiger partial charge in [-0.3, -0.25) is 4.57 Å². The third-order valence-electron chi connectivity index (χ3n) is 13.2. The van der Waals surface area contributed by atoms with E-state index >= 15 is 0 Å². The molecule has 318 valence electrons. The molecule has 4 nitrogen and oxygen atoms in total. The van der Waals surface area contributed by atoms with Crippen LogP contribution in [0.25, 0.3) is 116 Å². The Balaban J connectivity index is 0.000000616. The lowest BCUT2D eigenvalue weighted by molar-refractivity contribution is 0.669. The zero-order chi connectivity index (χ0) is 45.0. The first-order valence-corrected chi connectivity index (χ1v) is 22.9. The van der Waals surface area contributed by atoms with Crippen molar-refractivity contribution < 1.29 is 4.42 Å². The lowest BCUT2D eigenvalue weighted by Gasteiger charge is -2.15. The molecule has 3 aromatic heterocycles. The summed E-state index contributed by atoms with van der Waals surface area (Å²) < 4.78 is 8.95. The van der Waals surface area contributed by atoms with E-state index in [1.54, 1.807) is 0 Å². The summed E-state index contributed by atoms with van der Waals surface area (Å²) in [6.45, 7) is 6.49. The molecule has 0 spiro atoms. The smallest absolute Gasteiger partial charge is 0.235 e. The fourth-order valence-electron chi connectivity index (χ4n) is 10.1. The molecule has 13 aromatic rings. The number of aromatic nitrogens is 3. The summed E-state index contributed by atoms with van der Waals surface area (Å²) in [5.74, 6) is 0.639. The Morgan fingerprint density at radius 2 is 1.06 bits per heavy atom. The molecule has 0 atom stereocenters. The third kappa shape index (κ3) is 6.85. The fraction of sp³-hybridized carbons (Fsp3) is 0.0476. The van der Waals surface area contributed by atoms with E-state index in [0.29, 0.717) is 5.95 Å². The number of furan rings is 1. The molecule has 0 aliphatic carbocycles. The number of hydrogen-bond donors (Lipinski definition) is 0. The molecule has 67 heavy (non-hydrogen) atoms. The molecule has 3 heterocycles. The van der Waals surface area contributed by atoms with Crippen LogP contribution in [0, 0.1) is 20.8 Å². The number of rotatable bonds is 5. The van der Waals surface area contributed by atoms with E-state index in [4.69, 9.17) is 14.4 Å². The maximum absolute atomic E-state index is 6.67. The molecule has 0 aliphatic rings. The lowest BCUT2D eigenvalue weighted by atomic mass is 9.88. The minimum absolute atomic E-state index is 0.639. The van der Waals surface area contributed by atoms with Gasteiger partial charge < -0.3 is 4.42 Å². The first-order valence-electron chi connectivity index (χ1n) is 22.9. The zero-order valence-corrected chi connectivity index (χ0v) is 37.5. The Bertz CT molecular complexity index is 4010. The summed E-state index contributed by atoms with van der Waals surface area (Å²) in [5, 5.41) is 7.81. The Labute approximate surface area is 389 Å². The van der Waals surface area contributed by atoms with Crippen molar-refractivity contribution in [2.45, 2.75) is 20.8 Å². The zero-order valence-electron chi connectivity index (χ0n) is 37.5. The highest BCUT2D eigenvalue weighted by atomic mass is 16.3. The molecule has 0 saturated carbocycles. The van der Waals surface area contributed by atoms with Gasteiger partial charge >= 0.3 is 0 Å². The lowest BCUT2D eigenvalue weighted by Crippen LogP contribution is -2.03. The van der Waals surface area contributed by atoms with Gasteiger partial charge in [-0.25, -0.2) is 9.97 Å². The Hall–Kier alpha value is -8.60. The highest BCUT2D eigenvalue weighted by Gasteiger charge is 2.23. The monoisotopic (exact) mass is 859 g/mol. The molecule has 13 rings (SSSR count). The van der Waals surface area contributed by atoms with Crippen LogP contribution < -0.4 is 0 Å². The van der Waals surface area contributed by atoms with E-state index < -0.39 is 0 Å². The quantitative estimate of drug-likeness (QED) is 0.173. The van der Waals surface area contributed by atoms with Crippen LogP contribution in [0.15, 0.2) is 223 Å². The van der Waals surface area contributed by atoms with Crippen LogP contribution in [0.3, 0.4) is 0 Å². The SMILES string of the molecule is Cc1ccccc1.Cc1ccccc1-c1c(C)cccc1-c1ccc2oc3cccc(-c4cccc5c4c4ccc6ccccc6c4n5-c4nc(-c5ccccc5)c5ccccc5n4)c3c2c1. The number of fused-ring (bicyclic) bond motifs is 9. The van der Waals surface area contributed by atoms with Gasteiger partial charge in [0.15, 0.2) is 0 Å². The molecule has 0 bridgehead atoms. The van der Waals surface area contributed by atoms with E-state index in [1.807, 2.05) is 24.3 Å². The van der Waals surface area contributed by atoms with Crippen LogP contribution in [0.4, 0.5) is 0 Å². The van der Waals surface area contributed by atoms with Crippen molar-refractivity contribution in [3.8, 4) is 50.6 Å². The molecular weight excluding hydrogens is 815 g/mol. The Morgan fingerprint density at radius 3 is 1.87 bits per heavy atom. The second-order valence-electron chi connectivity index (χ2n) is 17.4. The minimum Gasteiger partial charge on any atom is -0.456 e. The van der Waals surface area contributed by atoms with Crippen molar-refractivity contribution in [1.29, 1.82) is 0 Å². The van der Waals surface area contributed by atoms with Gasteiger partial charge in [-0.1, -0.05) is 194 Å². The number of nitrogens with zero attached hydrogens (tertiary/aromatic N) is 3. The molecule has 0 amide bonds. The van der Waals surface area contributed by atoms with Gasteiger partial charge in [0.1, 0.15) is 11.2 Å². The topological polar surface area (TPSA) is 43.9 Å². The van der Waals surface area contributed by atoms with Gasteiger partial charge in [-0.05, 0) is 101 Å². The predicted octanol–water partition coefficient (Wildman–Crippen LogP) is 17.1. The highest BCUT2D eigenvalue weighted by Crippen LogP contribution is 2.46. The summed E-state index contributed by atoms with van der Waals surface area (Å²) in [7, 11) is 0. The maximum Gasteiger partial charge on any atom is 0.235 e. The minimum atomic E-state index is 0.639. The largest absolute Gasteiger partial charge is 0.456 e.